The van der Waals surface area contributed by atoms with Crippen molar-refractivity contribution in [3.63, 3.8) is 0 Å². The van der Waals surface area contributed by atoms with Crippen molar-refractivity contribution < 1.29 is 31.0 Å². The quantitative estimate of drug-likeness (QED) is 0.504. The Kier molecular flexibility index (Phi) is 4.10. The Morgan fingerprint density at radius 3 is 2.87 bits per heavy atom. The fourth-order valence-corrected chi connectivity index (χ4v) is 1.80. The zero-order valence-corrected chi connectivity index (χ0v) is 12.0. The molecule has 0 aliphatic carbocycles. The minimum absolute atomic E-state index is 0. The largest absolute Gasteiger partial charge is 1.00 e. The number of benzene rings is 1. The molecule has 6 heteroatoms. The third-order valence-electron chi connectivity index (χ3n) is 2.02. The predicted octanol–water partition coefficient (Wildman–Crippen LogP) is -0.496. The van der Waals surface area contributed by atoms with E-state index in [-0.39, 0.29) is 31.0 Å². The van der Waals surface area contributed by atoms with E-state index in [2.05, 4.69) is 23.8 Å². The van der Waals surface area contributed by atoms with Gasteiger partial charge < -0.3 is 1.43 Å². The molecule has 0 N–H and O–H groups in total. The van der Waals surface area contributed by atoms with E-state index in [0.29, 0.717) is 26.5 Å². The molecule has 0 fully saturated rings. The molecule has 0 aliphatic rings. The van der Waals surface area contributed by atoms with Crippen molar-refractivity contribution in [2.24, 2.45) is 7.05 Å². The fourth-order valence-electron chi connectivity index (χ4n) is 1.37. The second-order valence-corrected chi connectivity index (χ2v) is 3.74. The molecule has 0 amide bonds. The number of hydrogen-bond acceptors (Lipinski definition) is 3. The molecule has 2 aromatic rings. The minimum Gasteiger partial charge on any atom is -1.00 e. The van der Waals surface area contributed by atoms with Gasteiger partial charge in [-0.3, -0.25) is 4.68 Å². The molecular formula is C9H7ClN3NaS. The first-order chi connectivity index (χ1) is 6.65. The molecule has 15 heavy (non-hydrogen) atoms. The van der Waals surface area contributed by atoms with E-state index >= 15 is 0 Å². The SMILES string of the molecule is Cn1nc2ccc(S)c(Cl)c2c1C#N.[H-].[Na+]. The molecule has 0 unspecified atom stereocenters. The molecule has 0 radical (unpaired) electrons. The van der Waals surface area contributed by atoms with Crippen LogP contribution in [0.1, 0.15) is 7.12 Å². The third-order valence-corrected chi connectivity index (χ3v) is 2.92. The summed E-state index contributed by atoms with van der Waals surface area (Å²) in [6, 6.07) is 5.63. The van der Waals surface area contributed by atoms with Crippen LogP contribution in [0.25, 0.3) is 10.9 Å². The molecule has 1 heterocycles. The number of hydrogen-bond donors (Lipinski definition) is 1. The smallest absolute Gasteiger partial charge is 1.00 e. The molecule has 1 aromatic carbocycles. The second-order valence-electron chi connectivity index (χ2n) is 2.88. The van der Waals surface area contributed by atoms with Gasteiger partial charge in [-0.25, -0.2) is 0 Å². The van der Waals surface area contributed by atoms with Crippen molar-refractivity contribution in [3.05, 3.63) is 22.8 Å². The van der Waals surface area contributed by atoms with Crippen LogP contribution in [0.2, 0.25) is 5.02 Å². The molecule has 0 spiro atoms. The van der Waals surface area contributed by atoms with Crippen LogP contribution >= 0.6 is 24.2 Å². The number of halogens is 1. The van der Waals surface area contributed by atoms with Crippen molar-refractivity contribution in [3.8, 4) is 6.07 Å². The number of aryl methyl sites for hydroxylation is 1. The van der Waals surface area contributed by atoms with Gasteiger partial charge in [0.05, 0.1) is 15.9 Å². The first kappa shape index (κ1) is 12.9. The van der Waals surface area contributed by atoms with Gasteiger partial charge in [-0.15, -0.1) is 12.6 Å². The van der Waals surface area contributed by atoms with Crippen LogP contribution in [0.5, 0.6) is 0 Å². The van der Waals surface area contributed by atoms with Crippen LogP contribution in [-0.4, -0.2) is 9.78 Å². The normalized spacial score (nSPS) is 9.73. The molecule has 0 bridgehead atoms. The number of fused-ring (bicyclic) bond motifs is 1. The zero-order valence-electron chi connectivity index (χ0n) is 9.32. The minimum atomic E-state index is 0. The van der Waals surface area contributed by atoms with Crippen molar-refractivity contribution in [2.45, 2.75) is 4.90 Å². The Balaban J connectivity index is 0.00000112. The summed E-state index contributed by atoms with van der Waals surface area (Å²) in [6.07, 6.45) is 0. The Morgan fingerprint density at radius 1 is 1.60 bits per heavy atom. The number of aromatic nitrogens is 2. The van der Waals surface area contributed by atoms with Gasteiger partial charge in [0.25, 0.3) is 0 Å². The average molecular weight is 248 g/mol. The molecule has 0 saturated carbocycles. The first-order valence-electron chi connectivity index (χ1n) is 3.89. The average Bonchev–Trinajstić information content (AvgIpc) is 2.48. The van der Waals surface area contributed by atoms with Gasteiger partial charge in [0.1, 0.15) is 11.8 Å². The molecule has 1 aromatic heterocycles. The van der Waals surface area contributed by atoms with E-state index in [1.54, 1.807) is 19.2 Å². The maximum Gasteiger partial charge on any atom is 1.00 e. The van der Waals surface area contributed by atoms with Crippen molar-refractivity contribution in [2.75, 3.05) is 0 Å². The summed E-state index contributed by atoms with van der Waals surface area (Å²) in [5.74, 6) is 0. The Labute approximate surface area is 121 Å². The second kappa shape index (κ2) is 4.77. The van der Waals surface area contributed by atoms with Crippen LogP contribution in [-0.2, 0) is 7.05 Å². The monoisotopic (exact) mass is 247 g/mol. The zero-order chi connectivity index (χ0) is 10.3. The molecule has 0 atom stereocenters. The van der Waals surface area contributed by atoms with Gasteiger partial charge in [-0.05, 0) is 12.1 Å². The van der Waals surface area contributed by atoms with Crippen molar-refractivity contribution in [1.82, 2.24) is 9.78 Å². The summed E-state index contributed by atoms with van der Waals surface area (Å²) in [7, 11) is 1.72. The maximum atomic E-state index is 8.93. The van der Waals surface area contributed by atoms with E-state index in [1.807, 2.05) is 0 Å². The standard InChI is InChI=1S/C9H6ClN3S.Na.H/c1-13-6(4-11)8-5(12-13)2-3-7(14)9(8)10;;/h2-3,14H,1H3;;/q;+1;-1. The summed E-state index contributed by atoms with van der Waals surface area (Å²) in [6.45, 7) is 0. The van der Waals surface area contributed by atoms with E-state index < -0.39 is 0 Å². The fraction of sp³-hybridized carbons (Fsp3) is 0.111. The number of nitrogens with zero attached hydrogens (tertiary/aromatic N) is 3. The van der Waals surface area contributed by atoms with E-state index in [9.17, 15) is 0 Å². The van der Waals surface area contributed by atoms with Crippen LogP contribution in [0.4, 0.5) is 0 Å². The van der Waals surface area contributed by atoms with E-state index in [0.717, 1.165) is 0 Å². The van der Waals surface area contributed by atoms with Crippen LogP contribution in [0, 0.1) is 11.3 Å². The Morgan fingerprint density at radius 2 is 2.27 bits per heavy atom. The Bertz CT molecular complexity index is 564. The van der Waals surface area contributed by atoms with Crippen molar-refractivity contribution >= 4 is 35.1 Å². The summed E-state index contributed by atoms with van der Waals surface area (Å²) < 4.78 is 1.52. The molecule has 2 rings (SSSR count). The summed E-state index contributed by atoms with van der Waals surface area (Å²) in [5.41, 5.74) is 1.17. The van der Waals surface area contributed by atoms with Gasteiger partial charge in [0, 0.05) is 11.9 Å². The molecular weight excluding hydrogens is 241 g/mol. The van der Waals surface area contributed by atoms with Gasteiger partial charge >= 0.3 is 29.6 Å². The van der Waals surface area contributed by atoms with Crippen molar-refractivity contribution in [1.29, 1.82) is 5.26 Å². The number of thiol groups is 1. The molecule has 72 valence electrons. The molecule has 3 nitrogen and oxygen atoms in total. The van der Waals surface area contributed by atoms with E-state index in [1.165, 1.54) is 4.68 Å². The maximum absolute atomic E-state index is 8.93. The number of nitriles is 1. The van der Waals surface area contributed by atoms with Gasteiger partial charge in [0.15, 0.2) is 0 Å². The first-order valence-corrected chi connectivity index (χ1v) is 4.72. The summed E-state index contributed by atoms with van der Waals surface area (Å²) in [4.78, 5) is 0.656. The van der Waals surface area contributed by atoms with Crippen LogP contribution < -0.4 is 29.6 Å². The summed E-state index contributed by atoms with van der Waals surface area (Å²) >= 11 is 10.2. The topological polar surface area (TPSA) is 41.6 Å². The summed E-state index contributed by atoms with van der Waals surface area (Å²) in [5, 5.41) is 14.2. The molecule has 0 aliphatic heterocycles. The van der Waals surface area contributed by atoms with E-state index in [4.69, 9.17) is 16.9 Å². The van der Waals surface area contributed by atoms with Gasteiger partial charge in [-0.2, -0.15) is 10.4 Å². The van der Waals surface area contributed by atoms with Crippen LogP contribution in [0.15, 0.2) is 17.0 Å². The van der Waals surface area contributed by atoms with Gasteiger partial charge in [0.2, 0.25) is 0 Å². The Hall–Kier alpha value is -0.180. The molecule has 0 saturated heterocycles. The van der Waals surface area contributed by atoms with Gasteiger partial charge in [-0.1, -0.05) is 11.6 Å². The third kappa shape index (κ3) is 2.03. The number of rotatable bonds is 0. The predicted molar refractivity (Wildman–Crippen MR) is 58.8 cm³/mol. The van der Waals surface area contributed by atoms with Crippen LogP contribution in [0.3, 0.4) is 0 Å².